The normalized spacial score (nSPS) is 12.2. The summed E-state index contributed by atoms with van der Waals surface area (Å²) < 4.78 is 19.2. The fourth-order valence-corrected chi connectivity index (χ4v) is 2.52. The van der Waals surface area contributed by atoms with Crippen molar-refractivity contribution in [2.24, 2.45) is 0 Å². The summed E-state index contributed by atoms with van der Waals surface area (Å²) in [5, 5.41) is 3.56. The number of ether oxygens (including phenoxy) is 1. The van der Waals surface area contributed by atoms with E-state index < -0.39 is 0 Å². The molecule has 0 bridgehead atoms. The van der Waals surface area contributed by atoms with E-state index in [2.05, 4.69) is 5.32 Å². The van der Waals surface area contributed by atoms with Gasteiger partial charge in [-0.15, -0.1) is 0 Å². The first kappa shape index (κ1) is 14.8. The fraction of sp³-hybridized carbons (Fsp3) is 0.250. The van der Waals surface area contributed by atoms with Gasteiger partial charge in [-0.3, -0.25) is 0 Å². The molecule has 2 aromatic rings. The van der Waals surface area contributed by atoms with E-state index in [1.165, 1.54) is 6.07 Å². The van der Waals surface area contributed by atoms with E-state index >= 15 is 0 Å². The Hall–Kier alpha value is -1.58. The second-order valence-corrected chi connectivity index (χ2v) is 4.94. The molecule has 0 heterocycles. The predicted molar refractivity (Wildman–Crippen MR) is 79.9 cm³/mol. The van der Waals surface area contributed by atoms with Gasteiger partial charge in [-0.05, 0) is 43.3 Å². The first-order chi connectivity index (χ1) is 9.65. The van der Waals surface area contributed by atoms with Crippen LogP contribution in [0.15, 0.2) is 42.5 Å². The molecule has 2 nitrogen and oxygen atoms in total. The van der Waals surface area contributed by atoms with Gasteiger partial charge in [-0.25, -0.2) is 4.39 Å². The first-order valence-corrected chi connectivity index (χ1v) is 6.77. The molecule has 0 spiro atoms. The standard InChI is InChI=1S/C16H17ClFNO/c1-19-15(16-13(17)7-4-8-14(16)18)10-11-5-3-6-12(9-11)20-2/h3-9,15,19H,10H2,1-2H3. The molecule has 1 N–H and O–H groups in total. The Morgan fingerprint density at radius 2 is 2.00 bits per heavy atom. The number of likely N-dealkylation sites (N-methyl/N-ethyl adjacent to an activating group) is 1. The van der Waals surface area contributed by atoms with Crippen LogP contribution in [0.3, 0.4) is 0 Å². The maximum atomic E-state index is 14.0. The van der Waals surface area contributed by atoms with Crippen molar-refractivity contribution in [3.8, 4) is 5.75 Å². The lowest BCUT2D eigenvalue weighted by Gasteiger charge is -2.19. The highest BCUT2D eigenvalue weighted by atomic mass is 35.5. The number of rotatable bonds is 5. The van der Waals surface area contributed by atoms with Gasteiger partial charge in [0, 0.05) is 16.6 Å². The summed E-state index contributed by atoms with van der Waals surface area (Å²) in [6.07, 6.45) is 0.633. The molecule has 4 heteroatoms. The second-order valence-electron chi connectivity index (χ2n) is 4.53. The molecule has 0 aliphatic carbocycles. The van der Waals surface area contributed by atoms with Gasteiger partial charge < -0.3 is 10.1 Å². The van der Waals surface area contributed by atoms with Crippen molar-refractivity contribution < 1.29 is 9.13 Å². The Morgan fingerprint density at radius 3 is 2.65 bits per heavy atom. The zero-order valence-electron chi connectivity index (χ0n) is 11.5. The lowest BCUT2D eigenvalue weighted by Crippen LogP contribution is -2.20. The van der Waals surface area contributed by atoms with E-state index in [0.29, 0.717) is 17.0 Å². The smallest absolute Gasteiger partial charge is 0.129 e. The summed E-state index contributed by atoms with van der Waals surface area (Å²) in [6, 6.07) is 12.3. The zero-order valence-corrected chi connectivity index (χ0v) is 12.2. The maximum Gasteiger partial charge on any atom is 0.129 e. The molecule has 0 saturated carbocycles. The summed E-state index contributed by atoms with van der Waals surface area (Å²) in [4.78, 5) is 0. The molecule has 106 valence electrons. The van der Waals surface area contributed by atoms with Gasteiger partial charge in [-0.2, -0.15) is 0 Å². The van der Waals surface area contributed by atoms with Gasteiger partial charge in [0.05, 0.1) is 7.11 Å². The molecular formula is C16H17ClFNO. The third kappa shape index (κ3) is 3.30. The Labute approximate surface area is 123 Å². The van der Waals surface area contributed by atoms with Gasteiger partial charge in [0.2, 0.25) is 0 Å². The minimum absolute atomic E-state index is 0.184. The van der Waals surface area contributed by atoms with E-state index in [4.69, 9.17) is 16.3 Å². The third-order valence-corrected chi connectivity index (χ3v) is 3.60. The predicted octanol–water partition coefficient (Wildman–Crippen LogP) is 3.99. The molecule has 2 aromatic carbocycles. The average molecular weight is 294 g/mol. The summed E-state index contributed by atoms with van der Waals surface area (Å²) in [6.45, 7) is 0. The molecule has 1 atom stereocenters. The lowest BCUT2D eigenvalue weighted by atomic mass is 9.98. The number of hydrogen-bond donors (Lipinski definition) is 1. The van der Waals surface area contributed by atoms with Gasteiger partial charge in [0.25, 0.3) is 0 Å². The minimum atomic E-state index is -0.292. The summed E-state index contributed by atoms with van der Waals surface area (Å²) in [7, 11) is 3.43. The van der Waals surface area contributed by atoms with E-state index in [9.17, 15) is 4.39 Å². The quantitative estimate of drug-likeness (QED) is 0.900. The van der Waals surface area contributed by atoms with Crippen molar-refractivity contribution in [3.63, 3.8) is 0 Å². The van der Waals surface area contributed by atoms with Gasteiger partial charge in [-0.1, -0.05) is 29.8 Å². The van der Waals surface area contributed by atoms with Crippen LogP contribution in [0.4, 0.5) is 4.39 Å². The molecule has 0 aliphatic rings. The molecular weight excluding hydrogens is 277 g/mol. The Kier molecular flexibility index (Phi) is 4.99. The zero-order chi connectivity index (χ0) is 14.5. The maximum absolute atomic E-state index is 14.0. The van der Waals surface area contributed by atoms with Crippen LogP contribution in [0.1, 0.15) is 17.2 Å². The van der Waals surface area contributed by atoms with Gasteiger partial charge >= 0.3 is 0 Å². The molecule has 0 amide bonds. The van der Waals surface area contributed by atoms with Crippen LogP contribution >= 0.6 is 11.6 Å². The largest absolute Gasteiger partial charge is 0.497 e. The molecule has 1 unspecified atom stereocenters. The minimum Gasteiger partial charge on any atom is -0.497 e. The summed E-state index contributed by atoms with van der Waals surface area (Å²) in [5.74, 6) is 0.497. The van der Waals surface area contributed by atoms with Gasteiger partial charge in [0.15, 0.2) is 0 Å². The van der Waals surface area contributed by atoms with Crippen LogP contribution in [0, 0.1) is 5.82 Å². The van der Waals surface area contributed by atoms with Crippen molar-refractivity contribution in [2.45, 2.75) is 12.5 Å². The monoisotopic (exact) mass is 293 g/mol. The number of halogens is 2. The SMILES string of the molecule is CNC(Cc1cccc(OC)c1)c1c(F)cccc1Cl. The fourth-order valence-electron chi connectivity index (χ4n) is 2.23. The average Bonchev–Trinajstić information content (AvgIpc) is 2.46. The molecule has 20 heavy (non-hydrogen) atoms. The number of benzene rings is 2. The topological polar surface area (TPSA) is 21.3 Å². The van der Waals surface area contributed by atoms with E-state index in [1.807, 2.05) is 24.3 Å². The number of methoxy groups -OCH3 is 1. The van der Waals surface area contributed by atoms with Crippen LogP contribution in [0.25, 0.3) is 0 Å². The van der Waals surface area contributed by atoms with Gasteiger partial charge in [0.1, 0.15) is 11.6 Å². The Morgan fingerprint density at radius 1 is 1.25 bits per heavy atom. The van der Waals surface area contributed by atoms with Crippen molar-refractivity contribution in [2.75, 3.05) is 14.2 Å². The van der Waals surface area contributed by atoms with E-state index in [0.717, 1.165) is 11.3 Å². The van der Waals surface area contributed by atoms with Crippen molar-refractivity contribution in [3.05, 3.63) is 64.4 Å². The lowest BCUT2D eigenvalue weighted by molar-refractivity contribution is 0.414. The van der Waals surface area contributed by atoms with Crippen molar-refractivity contribution in [1.29, 1.82) is 0 Å². The second kappa shape index (κ2) is 6.73. The van der Waals surface area contributed by atoms with Crippen LogP contribution < -0.4 is 10.1 Å². The highest BCUT2D eigenvalue weighted by molar-refractivity contribution is 6.31. The highest BCUT2D eigenvalue weighted by Gasteiger charge is 2.18. The Balaban J connectivity index is 2.29. The van der Waals surface area contributed by atoms with Crippen LogP contribution in [-0.4, -0.2) is 14.2 Å². The number of hydrogen-bond acceptors (Lipinski definition) is 2. The van der Waals surface area contributed by atoms with Crippen LogP contribution in [-0.2, 0) is 6.42 Å². The molecule has 0 aliphatic heterocycles. The summed E-state index contributed by atoms with van der Waals surface area (Å²) in [5.41, 5.74) is 1.56. The van der Waals surface area contributed by atoms with Crippen LogP contribution in [0.2, 0.25) is 5.02 Å². The molecule has 0 radical (unpaired) electrons. The third-order valence-electron chi connectivity index (χ3n) is 3.27. The number of nitrogens with one attached hydrogen (secondary N) is 1. The molecule has 0 aromatic heterocycles. The van der Waals surface area contributed by atoms with Crippen molar-refractivity contribution in [1.82, 2.24) is 5.32 Å². The molecule has 2 rings (SSSR count). The van der Waals surface area contributed by atoms with Crippen molar-refractivity contribution >= 4 is 11.6 Å². The molecule has 0 fully saturated rings. The first-order valence-electron chi connectivity index (χ1n) is 6.39. The van der Waals surface area contributed by atoms with Crippen LogP contribution in [0.5, 0.6) is 5.75 Å². The highest BCUT2D eigenvalue weighted by Crippen LogP contribution is 2.28. The Bertz CT molecular complexity index is 568. The van der Waals surface area contributed by atoms with E-state index in [1.54, 1.807) is 26.3 Å². The molecule has 0 saturated heterocycles. The van der Waals surface area contributed by atoms with E-state index in [-0.39, 0.29) is 11.9 Å². The summed E-state index contributed by atoms with van der Waals surface area (Å²) >= 11 is 6.12.